The highest BCUT2D eigenvalue weighted by molar-refractivity contribution is 7.10. The molecule has 1 saturated heterocycles. The molecule has 1 aliphatic rings. The van der Waals surface area contributed by atoms with E-state index in [1.807, 2.05) is 11.4 Å². The molecule has 2 N–H and O–H groups in total. The summed E-state index contributed by atoms with van der Waals surface area (Å²) in [7, 11) is 0. The first-order valence-electron chi connectivity index (χ1n) is 9.41. The lowest BCUT2D eigenvalue weighted by Gasteiger charge is -2.35. The van der Waals surface area contributed by atoms with Gasteiger partial charge in [0.25, 0.3) is 0 Å². The van der Waals surface area contributed by atoms with Gasteiger partial charge < -0.3 is 10.4 Å². The van der Waals surface area contributed by atoms with Crippen LogP contribution in [0, 0.1) is 6.92 Å². The van der Waals surface area contributed by atoms with E-state index in [2.05, 4.69) is 47.5 Å². The lowest BCUT2D eigenvalue weighted by atomic mass is 9.99. The third kappa shape index (κ3) is 4.93. The van der Waals surface area contributed by atoms with E-state index in [1.165, 1.54) is 12.0 Å². The maximum Gasteiger partial charge on any atom is 0.234 e. The molecule has 2 atom stereocenters. The highest BCUT2D eigenvalue weighted by Gasteiger charge is 2.25. The Morgan fingerprint density at radius 1 is 1.31 bits per heavy atom. The van der Waals surface area contributed by atoms with E-state index in [1.54, 1.807) is 11.3 Å². The van der Waals surface area contributed by atoms with Gasteiger partial charge in [0, 0.05) is 17.5 Å². The van der Waals surface area contributed by atoms with Gasteiger partial charge in [-0.2, -0.15) is 0 Å². The van der Waals surface area contributed by atoms with Crippen LogP contribution in [-0.4, -0.2) is 41.7 Å². The fraction of sp³-hybridized carbons (Fsp3) is 0.476. The Bertz CT molecular complexity index is 683. The zero-order valence-electron chi connectivity index (χ0n) is 15.4. The first kappa shape index (κ1) is 19.1. The van der Waals surface area contributed by atoms with E-state index in [-0.39, 0.29) is 18.6 Å². The van der Waals surface area contributed by atoms with Crippen molar-refractivity contribution in [2.45, 2.75) is 44.7 Å². The van der Waals surface area contributed by atoms with E-state index in [0.29, 0.717) is 12.6 Å². The SMILES string of the molecule is Cc1ccc(C(NC(=O)CN2CCCCC2CCO)c2cccs2)cc1. The van der Waals surface area contributed by atoms with Crippen LogP contribution in [0.4, 0.5) is 0 Å². The number of carbonyl (C=O) groups excluding carboxylic acids is 1. The summed E-state index contributed by atoms with van der Waals surface area (Å²) in [6.45, 7) is 3.59. The molecule has 4 nitrogen and oxygen atoms in total. The van der Waals surface area contributed by atoms with Crippen molar-refractivity contribution in [3.05, 3.63) is 57.8 Å². The minimum atomic E-state index is -0.107. The molecule has 2 unspecified atom stereocenters. The maximum absolute atomic E-state index is 12.8. The number of rotatable bonds is 7. The summed E-state index contributed by atoms with van der Waals surface area (Å²) in [6, 6.07) is 12.7. The Hall–Kier alpha value is -1.69. The summed E-state index contributed by atoms with van der Waals surface area (Å²) in [6.07, 6.45) is 4.13. The van der Waals surface area contributed by atoms with Crippen molar-refractivity contribution in [1.82, 2.24) is 10.2 Å². The van der Waals surface area contributed by atoms with E-state index >= 15 is 0 Å². The molecule has 26 heavy (non-hydrogen) atoms. The van der Waals surface area contributed by atoms with Gasteiger partial charge in [0.2, 0.25) is 5.91 Å². The van der Waals surface area contributed by atoms with E-state index in [4.69, 9.17) is 0 Å². The predicted octanol–water partition coefficient (Wildman–Crippen LogP) is 3.50. The summed E-state index contributed by atoms with van der Waals surface area (Å²) in [5, 5.41) is 14.6. The molecule has 2 aromatic rings. The third-order valence-electron chi connectivity index (χ3n) is 5.10. The Morgan fingerprint density at radius 2 is 2.12 bits per heavy atom. The normalized spacial score (nSPS) is 19.2. The predicted molar refractivity (Wildman–Crippen MR) is 106 cm³/mol. The van der Waals surface area contributed by atoms with Crippen molar-refractivity contribution in [1.29, 1.82) is 0 Å². The molecule has 1 aliphatic heterocycles. The highest BCUT2D eigenvalue weighted by Crippen LogP contribution is 2.26. The van der Waals surface area contributed by atoms with Crippen molar-refractivity contribution in [2.75, 3.05) is 19.7 Å². The van der Waals surface area contributed by atoms with Gasteiger partial charge in [0.05, 0.1) is 12.6 Å². The molecule has 0 saturated carbocycles. The fourth-order valence-electron chi connectivity index (χ4n) is 3.67. The number of nitrogens with one attached hydrogen (secondary N) is 1. The molecule has 0 bridgehead atoms. The smallest absolute Gasteiger partial charge is 0.234 e. The van der Waals surface area contributed by atoms with Crippen LogP contribution < -0.4 is 5.32 Å². The van der Waals surface area contributed by atoms with Gasteiger partial charge >= 0.3 is 0 Å². The molecule has 2 heterocycles. The van der Waals surface area contributed by atoms with Gasteiger partial charge in [0.15, 0.2) is 0 Å². The van der Waals surface area contributed by atoms with Gasteiger partial charge in [-0.1, -0.05) is 42.3 Å². The Morgan fingerprint density at radius 3 is 2.81 bits per heavy atom. The van der Waals surface area contributed by atoms with Crippen LogP contribution in [0.15, 0.2) is 41.8 Å². The first-order valence-corrected chi connectivity index (χ1v) is 10.3. The average molecular weight is 373 g/mol. The molecule has 1 aromatic carbocycles. The fourth-order valence-corrected chi connectivity index (χ4v) is 4.47. The number of aliphatic hydroxyl groups is 1. The van der Waals surface area contributed by atoms with Crippen LogP contribution in [0.3, 0.4) is 0 Å². The molecule has 1 fully saturated rings. The van der Waals surface area contributed by atoms with Gasteiger partial charge in [0.1, 0.15) is 0 Å². The zero-order valence-corrected chi connectivity index (χ0v) is 16.2. The lowest BCUT2D eigenvalue weighted by Crippen LogP contribution is -2.46. The second-order valence-electron chi connectivity index (χ2n) is 7.06. The van der Waals surface area contributed by atoms with Crippen molar-refractivity contribution in [3.63, 3.8) is 0 Å². The highest BCUT2D eigenvalue weighted by atomic mass is 32.1. The minimum Gasteiger partial charge on any atom is -0.396 e. The number of carbonyl (C=O) groups is 1. The van der Waals surface area contributed by atoms with Crippen molar-refractivity contribution in [2.24, 2.45) is 0 Å². The Kier molecular flexibility index (Phi) is 6.83. The summed E-state index contributed by atoms with van der Waals surface area (Å²) in [5.41, 5.74) is 2.32. The number of piperidine rings is 1. The number of benzene rings is 1. The number of nitrogens with zero attached hydrogens (tertiary/aromatic N) is 1. The zero-order chi connectivity index (χ0) is 18.4. The molecule has 140 valence electrons. The summed E-state index contributed by atoms with van der Waals surface area (Å²) in [5.74, 6) is 0.0498. The number of likely N-dealkylation sites (tertiary alicyclic amines) is 1. The summed E-state index contributed by atoms with van der Waals surface area (Å²) >= 11 is 1.67. The number of hydrogen-bond acceptors (Lipinski definition) is 4. The molecule has 0 spiro atoms. The average Bonchev–Trinajstić information content (AvgIpc) is 3.17. The second-order valence-corrected chi connectivity index (χ2v) is 8.04. The lowest BCUT2D eigenvalue weighted by molar-refractivity contribution is -0.123. The molecule has 5 heteroatoms. The standard InChI is InChI=1S/C21H28N2O2S/c1-16-7-9-17(10-8-16)21(19-6-4-14-26-19)22-20(25)15-23-12-3-2-5-18(23)11-13-24/h4,6-10,14,18,21,24H,2-3,5,11-13,15H2,1H3,(H,22,25). The van der Waals surface area contributed by atoms with Crippen LogP contribution in [0.25, 0.3) is 0 Å². The van der Waals surface area contributed by atoms with Crippen molar-refractivity contribution < 1.29 is 9.90 Å². The number of hydrogen-bond donors (Lipinski definition) is 2. The van der Waals surface area contributed by atoms with E-state index in [0.717, 1.165) is 36.2 Å². The second kappa shape index (κ2) is 9.31. The maximum atomic E-state index is 12.8. The van der Waals surface area contributed by atoms with Crippen molar-refractivity contribution in [3.8, 4) is 0 Å². The summed E-state index contributed by atoms with van der Waals surface area (Å²) < 4.78 is 0. The molecule has 0 radical (unpaired) electrons. The van der Waals surface area contributed by atoms with Crippen LogP contribution in [0.1, 0.15) is 47.7 Å². The Labute approximate surface area is 159 Å². The van der Waals surface area contributed by atoms with Crippen molar-refractivity contribution >= 4 is 17.2 Å². The first-order chi connectivity index (χ1) is 12.7. The summed E-state index contributed by atoms with van der Waals surface area (Å²) in [4.78, 5) is 16.2. The van der Waals surface area contributed by atoms with Gasteiger partial charge in [-0.3, -0.25) is 9.69 Å². The monoisotopic (exact) mass is 372 g/mol. The van der Waals surface area contributed by atoms with Gasteiger partial charge in [-0.05, 0) is 49.7 Å². The topological polar surface area (TPSA) is 52.6 Å². The van der Waals surface area contributed by atoms with Gasteiger partial charge in [-0.15, -0.1) is 11.3 Å². The molecular weight excluding hydrogens is 344 g/mol. The van der Waals surface area contributed by atoms with Crippen LogP contribution >= 0.6 is 11.3 Å². The van der Waals surface area contributed by atoms with Crippen LogP contribution in [0.5, 0.6) is 0 Å². The molecule has 1 amide bonds. The van der Waals surface area contributed by atoms with Crippen LogP contribution in [-0.2, 0) is 4.79 Å². The molecule has 0 aliphatic carbocycles. The van der Waals surface area contributed by atoms with Crippen LogP contribution in [0.2, 0.25) is 0 Å². The number of aryl methyl sites for hydroxylation is 1. The minimum absolute atomic E-state index is 0.0498. The van der Waals surface area contributed by atoms with E-state index < -0.39 is 0 Å². The van der Waals surface area contributed by atoms with Gasteiger partial charge in [-0.25, -0.2) is 0 Å². The Balaban J connectivity index is 1.70. The number of thiophene rings is 1. The molecule has 3 rings (SSSR count). The largest absolute Gasteiger partial charge is 0.396 e. The van der Waals surface area contributed by atoms with E-state index in [9.17, 15) is 9.90 Å². The molecular formula is C21H28N2O2S. The quantitative estimate of drug-likeness (QED) is 0.782. The number of amides is 1. The molecule has 1 aromatic heterocycles. The third-order valence-corrected chi connectivity index (χ3v) is 6.04. The number of aliphatic hydroxyl groups excluding tert-OH is 1.